The Morgan fingerprint density at radius 2 is 1.79 bits per heavy atom. The summed E-state index contributed by atoms with van der Waals surface area (Å²) in [5.74, 6) is 0.474. The summed E-state index contributed by atoms with van der Waals surface area (Å²) in [6, 6.07) is 12.4. The van der Waals surface area contributed by atoms with Gasteiger partial charge in [0.05, 0.1) is 25.5 Å². The van der Waals surface area contributed by atoms with Crippen LogP contribution in [0.2, 0.25) is 0 Å². The number of ether oxygens (including phenoxy) is 2. The zero-order valence-corrected chi connectivity index (χ0v) is 15.0. The predicted octanol–water partition coefficient (Wildman–Crippen LogP) is 5.23. The highest BCUT2D eigenvalue weighted by Crippen LogP contribution is 2.33. The van der Waals surface area contributed by atoms with Gasteiger partial charge in [-0.05, 0) is 36.4 Å². The summed E-state index contributed by atoms with van der Waals surface area (Å²) in [6.07, 6.45) is -4.46. The van der Waals surface area contributed by atoms with E-state index >= 15 is 0 Å². The molecule has 0 bridgehead atoms. The molecule has 2 aromatic carbocycles. The van der Waals surface area contributed by atoms with Crippen LogP contribution in [0.1, 0.15) is 16.1 Å². The molecule has 1 amide bonds. The number of halogens is 3. The van der Waals surface area contributed by atoms with Crippen molar-refractivity contribution < 1.29 is 31.9 Å². The van der Waals surface area contributed by atoms with E-state index in [1.165, 1.54) is 38.5 Å². The maximum Gasteiger partial charge on any atom is 0.416 e. The summed E-state index contributed by atoms with van der Waals surface area (Å²) >= 11 is 0. The molecule has 0 aliphatic rings. The third-order valence-corrected chi connectivity index (χ3v) is 3.96. The molecule has 146 valence electrons. The minimum atomic E-state index is -4.46. The van der Waals surface area contributed by atoms with E-state index in [4.69, 9.17) is 13.9 Å². The minimum Gasteiger partial charge on any atom is -0.497 e. The highest BCUT2D eigenvalue weighted by molar-refractivity contribution is 6.03. The van der Waals surface area contributed by atoms with Gasteiger partial charge in [-0.1, -0.05) is 12.1 Å². The van der Waals surface area contributed by atoms with Gasteiger partial charge in [0.15, 0.2) is 5.76 Å². The molecule has 0 aliphatic carbocycles. The molecule has 0 saturated heterocycles. The second-order valence-electron chi connectivity index (χ2n) is 5.76. The lowest BCUT2D eigenvalue weighted by Gasteiger charge is -2.10. The molecule has 0 unspecified atom stereocenters. The summed E-state index contributed by atoms with van der Waals surface area (Å²) in [6.45, 7) is 0. The molecule has 3 aromatic rings. The van der Waals surface area contributed by atoms with Crippen LogP contribution >= 0.6 is 0 Å². The van der Waals surface area contributed by atoms with Gasteiger partial charge in [0.2, 0.25) is 0 Å². The van der Waals surface area contributed by atoms with Crippen LogP contribution in [0.25, 0.3) is 11.3 Å². The van der Waals surface area contributed by atoms with Crippen molar-refractivity contribution in [3.05, 3.63) is 65.9 Å². The number of benzene rings is 2. The van der Waals surface area contributed by atoms with Crippen LogP contribution < -0.4 is 14.8 Å². The fourth-order valence-corrected chi connectivity index (χ4v) is 2.55. The van der Waals surface area contributed by atoms with Gasteiger partial charge in [-0.2, -0.15) is 13.2 Å². The number of alkyl halides is 3. The Labute approximate surface area is 158 Å². The van der Waals surface area contributed by atoms with Gasteiger partial charge in [-0.15, -0.1) is 0 Å². The largest absolute Gasteiger partial charge is 0.497 e. The minimum absolute atomic E-state index is 0.0507. The molecular formula is C20H16F3NO4. The fraction of sp³-hybridized carbons (Fsp3) is 0.150. The first-order valence-electron chi connectivity index (χ1n) is 8.12. The maximum absolute atomic E-state index is 12.9. The van der Waals surface area contributed by atoms with Crippen molar-refractivity contribution >= 4 is 11.6 Å². The van der Waals surface area contributed by atoms with Crippen molar-refractivity contribution in [1.82, 2.24) is 0 Å². The normalized spacial score (nSPS) is 11.2. The lowest BCUT2D eigenvalue weighted by molar-refractivity contribution is -0.137. The van der Waals surface area contributed by atoms with Crippen LogP contribution in [-0.4, -0.2) is 20.1 Å². The van der Waals surface area contributed by atoms with Crippen LogP contribution in [0.3, 0.4) is 0 Å². The number of carbonyl (C=O) groups is 1. The summed E-state index contributed by atoms with van der Waals surface area (Å²) in [7, 11) is 2.95. The van der Waals surface area contributed by atoms with Gasteiger partial charge in [-0.25, -0.2) is 0 Å². The third-order valence-electron chi connectivity index (χ3n) is 3.96. The molecule has 8 heteroatoms. The number of carbonyl (C=O) groups excluding carboxylic acids is 1. The highest BCUT2D eigenvalue weighted by Gasteiger charge is 2.30. The van der Waals surface area contributed by atoms with Crippen molar-refractivity contribution in [3.8, 4) is 22.8 Å². The quantitative estimate of drug-likeness (QED) is 0.647. The Morgan fingerprint density at radius 3 is 2.46 bits per heavy atom. The van der Waals surface area contributed by atoms with E-state index in [0.717, 1.165) is 12.1 Å². The average molecular weight is 391 g/mol. The number of methoxy groups -OCH3 is 2. The SMILES string of the molecule is COc1ccc(NC(=O)c2ccc(-c3cccc(C(F)(F)F)c3)o2)c(OC)c1. The Kier molecular flexibility index (Phi) is 5.30. The van der Waals surface area contributed by atoms with E-state index in [-0.39, 0.29) is 17.1 Å². The van der Waals surface area contributed by atoms with Crippen LogP contribution in [-0.2, 0) is 6.18 Å². The summed E-state index contributed by atoms with van der Waals surface area (Å²) in [5.41, 5.74) is -0.184. The molecule has 0 radical (unpaired) electrons. The average Bonchev–Trinajstić information content (AvgIpc) is 3.18. The van der Waals surface area contributed by atoms with Crippen molar-refractivity contribution in [2.24, 2.45) is 0 Å². The van der Waals surface area contributed by atoms with Gasteiger partial charge < -0.3 is 19.2 Å². The van der Waals surface area contributed by atoms with Gasteiger partial charge in [-0.3, -0.25) is 4.79 Å². The molecule has 1 N–H and O–H groups in total. The second-order valence-corrected chi connectivity index (χ2v) is 5.76. The van der Waals surface area contributed by atoms with E-state index in [9.17, 15) is 18.0 Å². The third kappa shape index (κ3) is 4.11. The first-order valence-corrected chi connectivity index (χ1v) is 8.12. The van der Waals surface area contributed by atoms with Crippen LogP contribution in [0, 0.1) is 0 Å². The highest BCUT2D eigenvalue weighted by atomic mass is 19.4. The Bertz CT molecular complexity index is 995. The Hall–Kier alpha value is -3.42. The lowest BCUT2D eigenvalue weighted by Crippen LogP contribution is -2.11. The Morgan fingerprint density at radius 1 is 1.00 bits per heavy atom. The van der Waals surface area contributed by atoms with E-state index in [2.05, 4.69) is 5.32 Å². The monoisotopic (exact) mass is 391 g/mol. The predicted molar refractivity (Wildman–Crippen MR) is 96.6 cm³/mol. The van der Waals surface area contributed by atoms with Crippen molar-refractivity contribution in [1.29, 1.82) is 0 Å². The second kappa shape index (κ2) is 7.67. The van der Waals surface area contributed by atoms with Gasteiger partial charge in [0, 0.05) is 11.6 Å². The number of anilines is 1. The summed E-state index contributed by atoms with van der Waals surface area (Å²) < 4.78 is 54.4. The molecule has 0 fully saturated rings. The van der Waals surface area contributed by atoms with E-state index in [0.29, 0.717) is 17.2 Å². The maximum atomic E-state index is 12.9. The summed E-state index contributed by atoms with van der Waals surface area (Å²) in [4.78, 5) is 12.4. The van der Waals surface area contributed by atoms with Crippen LogP contribution in [0.5, 0.6) is 11.5 Å². The number of nitrogens with one attached hydrogen (secondary N) is 1. The number of rotatable bonds is 5. The molecule has 28 heavy (non-hydrogen) atoms. The first kappa shape index (κ1) is 19.3. The van der Waals surface area contributed by atoms with Crippen LogP contribution in [0.15, 0.2) is 59.0 Å². The summed E-state index contributed by atoms with van der Waals surface area (Å²) in [5, 5.41) is 2.64. The van der Waals surface area contributed by atoms with Crippen molar-refractivity contribution in [2.75, 3.05) is 19.5 Å². The standard InChI is InChI=1S/C20H16F3NO4/c1-26-14-6-7-15(18(11-14)27-2)24-19(25)17-9-8-16(28-17)12-4-3-5-13(10-12)20(21,22)23/h3-11H,1-2H3,(H,24,25). The number of amides is 1. The van der Waals surface area contributed by atoms with Crippen molar-refractivity contribution in [3.63, 3.8) is 0 Å². The molecular weight excluding hydrogens is 375 g/mol. The smallest absolute Gasteiger partial charge is 0.416 e. The van der Waals surface area contributed by atoms with Gasteiger partial charge >= 0.3 is 6.18 Å². The Balaban J connectivity index is 1.82. The molecule has 5 nitrogen and oxygen atoms in total. The number of hydrogen-bond donors (Lipinski definition) is 1. The molecule has 3 rings (SSSR count). The molecule has 0 atom stereocenters. The van der Waals surface area contributed by atoms with Gasteiger partial charge in [0.1, 0.15) is 17.3 Å². The molecule has 0 aliphatic heterocycles. The van der Waals surface area contributed by atoms with Crippen LogP contribution in [0.4, 0.5) is 18.9 Å². The van der Waals surface area contributed by atoms with E-state index < -0.39 is 17.6 Å². The van der Waals surface area contributed by atoms with Gasteiger partial charge in [0.25, 0.3) is 5.91 Å². The zero-order chi connectivity index (χ0) is 20.3. The van der Waals surface area contributed by atoms with E-state index in [1.807, 2.05) is 0 Å². The molecule has 0 spiro atoms. The fourth-order valence-electron chi connectivity index (χ4n) is 2.55. The number of furan rings is 1. The number of hydrogen-bond acceptors (Lipinski definition) is 4. The zero-order valence-electron chi connectivity index (χ0n) is 15.0. The molecule has 0 saturated carbocycles. The van der Waals surface area contributed by atoms with E-state index in [1.54, 1.807) is 18.2 Å². The molecule has 1 heterocycles. The lowest BCUT2D eigenvalue weighted by atomic mass is 10.1. The molecule has 1 aromatic heterocycles. The topological polar surface area (TPSA) is 60.7 Å². The first-order chi connectivity index (χ1) is 13.3. The van der Waals surface area contributed by atoms with Crippen molar-refractivity contribution in [2.45, 2.75) is 6.18 Å².